The number of carbonyl (C=O) groups is 2. The first-order chi connectivity index (χ1) is 14.5. The minimum Gasteiger partial charge on any atom is -0.390 e. The van der Waals surface area contributed by atoms with Crippen LogP contribution in [0.25, 0.3) is 0 Å². The first kappa shape index (κ1) is 22.5. The van der Waals surface area contributed by atoms with Crippen molar-refractivity contribution in [3.05, 3.63) is 24.4 Å². The fourth-order valence-electron chi connectivity index (χ4n) is 3.49. The molecule has 2 aromatic rings. The minimum absolute atomic E-state index is 0.0170. The van der Waals surface area contributed by atoms with Gasteiger partial charge in [0.2, 0.25) is 5.78 Å². The van der Waals surface area contributed by atoms with Crippen LogP contribution in [0.15, 0.2) is 28.1 Å². The topological polar surface area (TPSA) is 93.9 Å². The summed E-state index contributed by atoms with van der Waals surface area (Å²) in [5, 5.41) is 11.9. The van der Waals surface area contributed by atoms with Gasteiger partial charge in [-0.05, 0) is 53.9 Å². The molecule has 9 heteroatoms. The lowest BCUT2D eigenvalue weighted by Crippen LogP contribution is -2.57. The van der Waals surface area contributed by atoms with Gasteiger partial charge in [0.25, 0.3) is 5.22 Å². The highest BCUT2D eigenvalue weighted by Gasteiger charge is 2.33. The number of Topliss-reactive ketones (excluding diaryl/α,β-unsaturated/α-hetero) is 1. The highest BCUT2D eigenvalue weighted by Crippen LogP contribution is 2.19. The van der Waals surface area contributed by atoms with Crippen LogP contribution in [0.5, 0.6) is 0 Å². The number of amides is 1. The van der Waals surface area contributed by atoms with E-state index in [4.69, 9.17) is 4.42 Å². The second kappa shape index (κ2) is 11.3. The Bertz CT molecular complexity index is 811. The van der Waals surface area contributed by atoms with Crippen LogP contribution in [0.4, 0.5) is 4.79 Å². The minimum atomic E-state index is -0.377. The standard InChI is InChI=1S/C21H31N5O3S/c1-16(2)10-11-18(27)19-26(20(28)23-17-8-5-3-4-6-9-17)24-21(29-19)30-15-14-25-13-7-12-22-25/h7,12-13,16-17H,3-6,8-11,14-15H2,1-2H3/p+1. The molecule has 1 aliphatic rings. The Hall–Kier alpha value is -2.16. The third-order valence-electron chi connectivity index (χ3n) is 5.23. The Morgan fingerprint density at radius 1 is 1.30 bits per heavy atom. The van der Waals surface area contributed by atoms with Crippen LogP contribution >= 0.6 is 11.8 Å². The normalized spacial score (nSPS) is 15.3. The van der Waals surface area contributed by atoms with E-state index in [0.717, 1.165) is 36.8 Å². The molecule has 0 bridgehead atoms. The number of nitrogens with zero attached hydrogens (tertiary/aromatic N) is 4. The molecule has 164 valence electrons. The summed E-state index contributed by atoms with van der Waals surface area (Å²) < 4.78 is 8.68. The molecule has 0 unspecified atom stereocenters. The average Bonchev–Trinajstić information content (AvgIpc) is 3.32. The summed E-state index contributed by atoms with van der Waals surface area (Å²) in [6, 6.07) is 1.61. The molecule has 3 rings (SSSR count). The fourth-order valence-corrected chi connectivity index (χ4v) is 4.22. The molecule has 0 atom stereocenters. The third-order valence-corrected chi connectivity index (χ3v) is 6.02. The van der Waals surface area contributed by atoms with Crippen molar-refractivity contribution in [2.24, 2.45) is 5.92 Å². The summed E-state index contributed by atoms with van der Waals surface area (Å²) in [7, 11) is 0. The Morgan fingerprint density at radius 2 is 2.07 bits per heavy atom. The maximum absolute atomic E-state index is 12.9. The predicted molar refractivity (Wildman–Crippen MR) is 113 cm³/mol. The van der Waals surface area contributed by atoms with Crippen molar-refractivity contribution in [3.8, 4) is 0 Å². The highest BCUT2D eigenvalue weighted by molar-refractivity contribution is 7.99. The second-order valence-electron chi connectivity index (χ2n) is 8.20. The Labute approximate surface area is 181 Å². The highest BCUT2D eigenvalue weighted by atomic mass is 32.2. The molecule has 2 aromatic heterocycles. The molecule has 0 saturated heterocycles. The summed E-state index contributed by atoms with van der Waals surface area (Å²) in [4.78, 5) is 25.7. The van der Waals surface area contributed by atoms with Gasteiger partial charge in [0.1, 0.15) is 0 Å². The SMILES string of the molecule is CC(C)CCC(=O)c1oc(SCCn2cccn2)n[n+]1C(=O)NC1CCCCCC1. The maximum atomic E-state index is 12.9. The van der Waals surface area contributed by atoms with Gasteiger partial charge >= 0.3 is 11.9 Å². The summed E-state index contributed by atoms with van der Waals surface area (Å²) >= 11 is 1.37. The van der Waals surface area contributed by atoms with Crippen LogP contribution in [0.3, 0.4) is 0 Å². The summed E-state index contributed by atoms with van der Waals surface area (Å²) in [6.45, 7) is 4.82. The van der Waals surface area contributed by atoms with E-state index >= 15 is 0 Å². The third kappa shape index (κ3) is 6.68. The van der Waals surface area contributed by atoms with E-state index < -0.39 is 0 Å². The number of hydrogen-bond acceptors (Lipinski definition) is 6. The smallest absolute Gasteiger partial charge is 0.390 e. The van der Waals surface area contributed by atoms with Crippen molar-refractivity contribution in [1.82, 2.24) is 20.2 Å². The van der Waals surface area contributed by atoms with Crippen molar-refractivity contribution >= 4 is 23.6 Å². The summed E-state index contributed by atoms with van der Waals surface area (Å²) in [5.41, 5.74) is 0. The zero-order valence-electron chi connectivity index (χ0n) is 17.9. The number of thioether (sulfide) groups is 1. The quantitative estimate of drug-likeness (QED) is 0.279. The number of rotatable bonds is 9. The van der Waals surface area contributed by atoms with Crippen LogP contribution in [0, 0.1) is 5.92 Å². The molecule has 30 heavy (non-hydrogen) atoms. The molecule has 0 spiro atoms. The first-order valence-corrected chi connectivity index (χ1v) is 11.9. The molecule has 0 aromatic carbocycles. The Kier molecular flexibility index (Phi) is 8.48. The zero-order valence-corrected chi connectivity index (χ0v) is 18.7. The van der Waals surface area contributed by atoms with Crippen LogP contribution in [0.2, 0.25) is 0 Å². The van der Waals surface area contributed by atoms with Gasteiger partial charge < -0.3 is 4.42 Å². The van der Waals surface area contributed by atoms with Gasteiger partial charge in [0.05, 0.1) is 12.6 Å². The van der Waals surface area contributed by atoms with Crippen molar-refractivity contribution in [2.75, 3.05) is 5.75 Å². The number of hydrogen-bond donors (Lipinski definition) is 1. The van der Waals surface area contributed by atoms with E-state index in [-0.39, 0.29) is 23.7 Å². The zero-order chi connectivity index (χ0) is 21.3. The Morgan fingerprint density at radius 3 is 2.73 bits per heavy atom. The van der Waals surface area contributed by atoms with E-state index in [1.165, 1.54) is 24.6 Å². The van der Waals surface area contributed by atoms with Crippen molar-refractivity contribution in [1.29, 1.82) is 0 Å². The van der Waals surface area contributed by atoms with Crippen molar-refractivity contribution in [3.63, 3.8) is 0 Å². The number of nitrogens with one attached hydrogen (secondary N) is 1. The van der Waals surface area contributed by atoms with Gasteiger partial charge in [0, 0.05) is 24.6 Å². The first-order valence-electron chi connectivity index (χ1n) is 10.9. The van der Waals surface area contributed by atoms with Crippen LogP contribution < -0.4 is 10.00 Å². The van der Waals surface area contributed by atoms with Crippen LogP contribution in [0.1, 0.15) is 75.9 Å². The van der Waals surface area contributed by atoms with E-state index in [9.17, 15) is 9.59 Å². The van der Waals surface area contributed by atoms with Crippen LogP contribution in [-0.2, 0) is 6.54 Å². The maximum Gasteiger partial charge on any atom is 0.520 e. The molecule has 1 aliphatic carbocycles. The van der Waals surface area contributed by atoms with Crippen molar-refractivity contribution < 1.29 is 18.7 Å². The number of aryl methyl sites for hydroxylation is 1. The fraction of sp³-hybridized carbons (Fsp3) is 0.667. The van der Waals surface area contributed by atoms with E-state index in [1.54, 1.807) is 6.20 Å². The van der Waals surface area contributed by atoms with E-state index in [0.29, 0.717) is 29.9 Å². The van der Waals surface area contributed by atoms with Gasteiger partial charge in [-0.25, -0.2) is 5.32 Å². The molecule has 1 saturated carbocycles. The molecule has 2 heterocycles. The van der Waals surface area contributed by atoms with Crippen LogP contribution in [-0.4, -0.2) is 38.5 Å². The largest absolute Gasteiger partial charge is 0.520 e. The average molecular weight is 435 g/mol. The molecule has 1 amide bonds. The summed E-state index contributed by atoms with van der Waals surface area (Å²) in [5.74, 6) is 0.897. The molecular formula is C21H32N5O3S+. The van der Waals surface area contributed by atoms with Gasteiger partial charge in [0.15, 0.2) is 0 Å². The van der Waals surface area contributed by atoms with Gasteiger partial charge in [-0.15, -0.1) is 0 Å². The molecule has 8 nitrogen and oxygen atoms in total. The number of carbonyl (C=O) groups excluding carboxylic acids is 2. The van der Waals surface area contributed by atoms with Crippen molar-refractivity contribution in [2.45, 2.75) is 83.0 Å². The van der Waals surface area contributed by atoms with Gasteiger partial charge in [-0.2, -0.15) is 9.89 Å². The lowest BCUT2D eigenvalue weighted by Gasteiger charge is -2.09. The second-order valence-corrected chi connectivity index (χ2v) is 9.24. The van der Waals surface area contributed by atoms with Gasteiger partial charge in [-0.1, -0.05) is 38.5 Å². The molecule has 1 N–H and O–H groups in total. The monoisotopic (exact) mass is 434 g/mol. The van der Waals surface area contributed by atoms with E-state index in [1.807, 2.05) is 16.9 Å². The molecule has 0 radical (unpaired) electrons. The Balaban J connectivity index is 1.69. The molecule has 0 aliphatic heterocycles. The lowest BCUT2D eigenvalue weighted by molar-refractivity contribution is -0.640. The van der Waals surface area contributed by atoms with Gasteiger partial charge in [-0.3, -0.25) is 9.48 Å². The predicted octanol–water partition coefficient (Wildman–Crippen LogP) is 3.85. The summed E-state index contributed by atoms with van der Waals surface area (Å²) in [6.07, 6.45) is 11.3. The number of ketones is 1. The lowest BCUT2D eigenvalue weighted by atomic mass is 10.1. The van der Waals surface area contributed by atoms with E-state index in [2.05, 4.69) is 29.4 Å². The molecule has 1 fully saturated rings. The number of aromatic nitrogens is 4. The molecular weight excluding hydrogens is 402 g/mol.